The molecule has 1 aromatic heterocycles. The molecule has 0 radical (unpaired) electrons. The fourth-order valence-electron chi connectivity index (χ4n) is 4.43. The van der Waals surface area contributed by atoms with Crippen molar-refractivity contribution in [2.75, 3.05) is 19.6 Å². The molecule has 1 fully saturated rings. The zero-order chi connectivity index (χ0) is 23.9. The number of rotatable bonds is 8. The quantitative estimate of drug-likeness (QED) is 0.474. The lowest BCUT2D eigenvalue weighted by molar-refractivity contribution is -0.134. The average molecular weight is 464 g/mol. The highest BCUT2D eigenvalue weighted by Crippen LogP contribution is 2.23. The number of halogens is 1. The summed E-state index contributed by atoms with van der Waals surface area (Å²) in [4.78, 5) is 34.0. The van der Waals surface area contributed by atoms with Crippen LogP contribution in [0.2, 0.25) is 0 Å². The Balaban J connectivity index is 1.31. The third kappa shape index (κ3) is 5.71. The molecule has 0 bridgehead atoms. The third-order valence-corrected chi connectivity index (χ3v) is 6.23. The maximum absolute atomic E-state index is 13.1. The van der Waals surface area contributed by atoms with Gasteiger partial charge in [-0.05, 0) is 55.7 Å². The Bertz CT molecular complexity index is 1090. The van der Waals surface area contributed by atoms with Crippen LogP contribution in [0, 0.1) is 5.82 Å². The summed E-state index contributed by atoms with van der Waals surface area (Å²) in [6, 6.07) is 15.5. The molecule has 0 N–H and O–H groups in total. The second kappa shape index (κ2) is 11.1. The molecule has 2 heterocycles. The molecule has 1 aliphatic rings. The van der Waals surface area contributed by atoms with Crippen LogP contribution in [0.5, 0.6) is 0 Å². The third-order valence-electron chi connectivity index (χ3n) is 6.23. The van der Waals surface area contributed by atoms with Crippen molar-refractivity contribution in [2.45, 2.75) is 45.1 Å². The SMILES string of the molecule is CCCN(C(=O)CCc1ncc(-c2ccc(F)cc2)o1)C1CCN(C(=O)c2ccccc2)CC1. The molecule has 0 aliphatic carbocycles. The highest BCUT2D eigenvalue weighted by molar-refractivity contribution is 5.94. The van der Waals surface area contributed by atoms with Crippen LogP contribution in [0.1, 0.15) is 48.9 Å². The normalized spacial score (nSPS) is 14.2. The van der Waals surface area contributed by atoms with E-state index in [1.54, 1.807) is 18.3 Å². The molecule has 3 aromatic rings. The van der Waals surface area contributed by atoms with Crippen molar-refractivity contribution in [3.05, 3.63) is 78.1 Å². The van der Waals surface area contributed by atoms with Crippen molar-refractivity contribution in [3.63, 3.8) is 0 Å². The maximum Gasteiger partial charge on any atom is 0.253 e. The van der Waals surface area contributed by atoms with Gasteiger partial charge in [-0.2, -0.15) is 0 Å². The zero-order valence-corrected chi connectivity index (χ0v) is 19.5. The van der Waals surface area contributed by atoms with Gasteiger partial charge in [0.15, 0.2) is 11.7 Å². The Morgan fingerprint density at radius 1 is 1.09 bits per heavy atom. The van der Waals surface area contributed by atoms with Gasteiger partial charge in [-0.1, -0.05) is 25.1 Å². The van der Waals surface area contributed by atoms with Gasteiger partial charge < -0.3 is 14.2 Å². The Kier molecular flexibility index (Phi) is 7.72. The highest BCUT2D eigenvalue weighted by atomic mass is 19.1. The predicted octanol–water partition coefficient (Wildman–Crippen LogP) is 4.96. The number of likely N-dealkylation sites (tertiary alicyclic amines) is 1. The molecular formula is C27H30FN3O3. The molecule has 4 rings (SSSR count). The lowest BCUT2D eigenvalue weighted by atomic mass is 10.0. The van der Waals surface area contributed by atoms with Crippen LogP contribution in [0.4, 0.5) is 4.39 Å². The van der Waals surface area contributed by atoms with Crippen LogP contribution in [-0.2, 0) is 11.2 Å². The molecule has 34 heavy (non-hydrogen) atoms. The van der Waals surface area contributed by atoms with Gasteiger partial charge in [0, 0.05) is 49.6 Å². The molecule has 0 unspecified atom stereocenters. The number of nitrogens with zero attached hydrogens (tertiary/aromatic N) is 3. The van der Waals surface area contributed by atoms with Crippen molar-refractivity contribution in [1.82, 2.24) is 14.8 Å². The summed E-state index contributed by atoms with van der Waals surface area (Å²) in [5, 5.41) is 0. The van der Waals surface area contributed by atoms with Crippen LogP contribution in [0.15, 0.2) is 65.2 Å². The van der Waals surface area contributed by atoms with E-state index in [0.717, 1.165) is 24.8 Å². The second-order valence-electron chi connectivity index (χ2n) is 8.60. The molecule has 0 spiro atoms. The number of benzene rings is 2. The first kappa shape index (κ1) is 23.7. The van der Waals surface area contributed by atoms with Gasteiger partial charge in [0.2, 0.25) is 5.91 Å². The minimum atomic E-state index is -0.305. The molecule has 2 aromatic carbocycles. The average Bonchev–Trinajstić information content (AvgIpc) is 3.35. The van der Waals surface area contributed by atoms with Crippen LogP contribution in [-0.4, -0.2) is 52.3 Å². The molecule has 0 saturated carbocycles. The Morgan fingerprint density at radius 2 is 1.79 bits per heavy atom. The van der Waals surface area contributed by atoms with E-state index in [9.17, 15) is 14.0 Å². The molecule has 6 nitrogen and oxygen atoms in total. The van der Waals surface area contributed by atoms with Gasteiger partial charge in [0.05, 0.1) is 6.20 Å². The summed E-state index contributed by atoms with van der Waals surface area (Å²) >= 11 is 0. The molecule has 1 saturated heterocycles. The van der Waals surface area contributed by atoms with Gasteiger partial charge in [-0.15, -0.1) is 0 Å². The molecule has 178 valence electrons. The number of aromatic nitrogens is 1. The van der Waals surface area contributed by atoms with E-state index in [0.29, 0.717) is 49.7 Å². The Labute approximate surface area is 199 Å². The van der Waals surface area contributed by atoms with Crippen molar-refractivity contribution < 1.29 is 18.4 Å². The van der Waals surface area contributed by atoms with Crippen LogP contribution < -0.4 is 0 Å². The van der Waals surface area contributed by atoms with Crippen molar-refractivity contribution in [2.24, 2.45) is 0 Å². The first-order valence-electron chi connectivity index (χ1n) is 11.9. The lowest BCUT2D eigenvalue weighted by Gasteiger charge is -2.38. The van der Waals surface area contributed by atoms with E-state index in [2.05, 4.69) is 11.9 Å². The Hall–Kier alpha value is -3.48. The highest BCUT2D eigenvalue weighted by Gasteiger charge is 2.29. The summed E-state index contributed by atoms with van der Waals surface area (Å²) < 4.78 is 18.9. The van der Waals surface area contributed by atoms with Crippen molar-refractivity contribution in [1.29, 1.82) is 0 Å². The van der Waals surface area contributed by atoms with Gasteiger partial charge in [-0.3, -0.25) is 9.59 Å². The van der Waals surface area contributed by atoms with E-state index in [1.165, 1.54) is 12.1 Å². The molecule has 0 atom stereocenters. The van der Waals surface area contributed by atoms with Gasteiger partial charge >= 0.3 is 0 Å². The predicted molar refractivity (Wildman–Crippen MR) is 128 cm³/mol. The fraction of sp³-hybridized carbons (Fsp3) is 0.370. The summed E-state index contributed by atoms with van der Waals surface area (Å²) in [6.45, 7) is 4.05. The fourth-order valence-corrected chi connectivity index (χ4v) is 4.43. The van der Waals surface area contributed by atoms with Crippen LogP contribution in [0.25, 0.3) is 11.3 Å². The zero-order valence-electron chi connectivity index (χ0n) is 19.5. The number of hydrogen-bond acceptors (Lipinski definition) is 4. The van der Waals surface area contributed by atoms with Gasteiger partial charge in [-0.25, -0.2) is 9.37 Å². The minimum absolute atomic E-state index is 0.0493. The van der Waals surface area contributed by atoms with Crippen molar-refractivity contribution >= 4 is 11.8 Å². The van der Waals surface area contributed by atoms with Crippen molar-refractivity contribution in [3.8, 4) is 11.3 Å². The smallest absolute Gasteiger partial charge is 0.253 e. The topological polar surface area (TPSA) is 66.7 Å². The number of hydrogen-bond donors (Lipinski definition) is 0. The lowest BCUT2D eigenvalue weighted by Crippen LogP contribution is -2.49. The summed E-state index contributed by atoms with van der Waals surface area (Å²) in [5.74, 6) is 0.876. The molecule has 7 heteroatoms. The second-order valence-corrected chi connectivity index (χ2v) is 8.60. The van der Waals surface area contributed by atoms with Crippen LogP contribution in [0.3, 0.4) is 0 Å². The molecular weight excluding hydrogens is 433 g/mol. The van der Waals surface area contributed by atoms with E-state index >= 15 is 0 Å². The van der Waals surface area contributed by atoms with Crippen LogP contribution >= 0.6 is 0 Å². The number of piperidine rings is 1. The number of carbonyl (C=O) groups excluding carboxylic acids is 2. The molecule has 1 aliphatic heterocycles. The number of aryl methyl sites for hydroxylation is 1. The summed E-state index contributed by atoms with van der Waals surface area (Å²) in [6.07, 6.45) is 4.76. The van der Waals surface area contributed by atoms with Gasteiger partial charge in [0.1, 0.15) is 5.82 Å². The van der Waals surface area contributed by atoms with E-state index < -0.39 is 0 Å². The van der Waals surface area contributed by atoms with Gasteiger partial charge in [0.25, 0.3) is 5.91 Å². The summed E-state index contributed by atoms with van der Waals surface area (Å²) in [7, 11) is 0. The Morgan fingerprint density at radius 3 is 2.47 bits per heavy atom. The largest absolute Gasteiger partial charge is 0.441 e. The van der Waals surface area contributed by atoms with E-state index in [4.69, 9.17) is 4.42 Å². The standard InChI is InChI=1S/C27H30FN3O3/c1-2-16-31(23-14-17-30(18-15-23)27(33)21-6-4-3-5-7-21)26(32)13-12-25-29-19-24(34-25)20-8-10-22(28)11-9-20/h3-11,19,23H,2,12-18H2,1H3. The monoisotopic (exact) mass is 463 g/mol. The van der Waals surface area contributed by atoms with E-state index in [1.807, 2.05) is 40.1 Å². The minimum Gasteiger partial charge on any atom is -0.441 e. The van der Waals surface area contributed by atoms with E-state index in [-0.39, 0.29) is 23.7 Å². The number of oxazole rings is 1. The first-order chi connectivity index (χ1) is 16.5. The maximum atomic E-state index is 13.1. The first-order valence-corrected chi connectivity index (χ1v) is 11.9. The molecule has 2 amide bonds. The number of amides is 2. The number of carbonyl (C=O) groups is 2. The summed E-state index contributed by atoms with van der Waals surface area (Å²) in [5.41, 5.74) is 1.45.